The van der Waals surface area contributed by atoms with E-state index in [0.29, 0.717) is 23.1 Å². The van der Waals surface area contributed by atoms with Crippen molar-refractivity contribution in [2.45, 2.75) is 13.5 Å². The molecule has 6 heteroatoms. The third-order valence-electron chi connectivity index (χ3n) is 2.70. The fraction of sp³-hybridized carbons (Fsp3) is 0.273. The maximum atomic E-state index is 12.1. The third kappa shape index (κ3) is 1.77. The second kappa shape index (κ2) is 3.97. The maximum Gasteiger partial charge on any atom is 0.409 e. The van der Waals surface area contributed by atoms with Crippen molar-refractivity contribution in [3.05, 3.63) is 28.8 Å². The van der Waals surface area contributed by atoms with E-state index in [9.17, 15) is 9.59 Å². The van der Waals surface area contributed by atoms with Crippen molar-refractivity contribution in [2.75, 3.05) is 5.32 Å². The minimum absolute atomic E-state index is 0.186. The summed E-state index contributed by atoms with van der Waals surface area (Å²) in [5, 5.41) is 11.4. The molecular formula is C11H13N3O3. The number of carboxylic acid groups (broad SMARTS) is 1. The van der Waals surface area contributed by atoms with E-state index in [2.05, 4.69) is 5.32 Å². The number of rotatable bonds is 2. The second-order valence-corrected chi connectivity index (χ2v) is 3.75. The van der Waals surface area contributed by atoms with Gasteiger partial charge in [-0.05, 0) is 13.0 Å². The number of nitrogens with one attached hydrogen (secondary N) is 1. The van der Waals surface area contributed by atoms with Gasteiger partial charge in [-0.3, -0.25) is 10.1 Å². The van der Waals surface area contributed by atoms with Gasteiger partial charge in [0.25, 0.3) is 5.56 Å². The molecule has 0 aliphatic carbocycles. The van der Waals surface area contributed by atoms with E-state index in [1.54, 1.807) is 30.1 Å². The van der Waals surface area contributed by atoms with Gasteiger partial charge in [-0.15, -0.1) is 0 Å². The number of aryl methyl sites for hydroxylation is 2. The normalized spacial score (nSPS) is 10.7. The molecular weight excluding hydrogens is 222 g/mol. The molecule has 0 aliphatic heterocycles. The van der Waals surface area contributed by atoms with Crippen LogP contribution in [0, 0.1) is 0 Å². The summed E-state index contributed by atoms with van der Waals surface area (Å²) in [6, 6.07) is 1.80. The van der Waals surface area contributed by atoms with Gasteiger partial charge in [-0.2, -0.15) is 0 Å². The van der Waals surface area contributed by atoms with Gasteiger partial charge < -0.3 is 14.2 Å². The molecule has 2 heterocycles. The Morgan fingerprint density at radius 2 is 2.24 bits per heavy atom. The van der Waals surface area contributed by atoms with E-state index in [1.807, 2.05) is 6.92 Å². The van der Waals surface area contributed by atoms with Gasteiger partial charge in [-0.1, -0.05) is 0 Å². The highest BCUT2D eigenvalue weighted by Crippen LogP contribution is 2.21. The highest BCUT2D eigenvalue weighted by atomic mass is 16.4. The average Bonchev–Trinajstić information content (AvgIpc) is 2.56. The minimum Gasteiger partial charge on any atom is -0.465 e. The Balaban J connectivity index is 2.77. The molecule has 0 unspecified atom stereocenters. The summed E-state index contributed by atoms with van der Waals surface area (Å²) in [5.41, 5.74) is 0.848. The predicted octanol–water partition coefficient (Wildman–Crippen LogP) is 1.45. The molecule has 1 amide bonds. The first-order chi connectivity index (χ1) is 8.04. The molecule has 0 bridgehead atoms. The number of aromatic nitrogens is 2. The largest absolute Gasteiger partial charge is 0.465 e. The number of nitrogens with zero attached hydrogens (tertiary/aromatic N) is 2. The lowest BCUT2D eigenvalue weighted by Crippen LogP contribution is -2.19. The molecule has 90 valence electrons. The smallest absolute Gasteiger partial charge is 0.409 e. The molecule has 6 nitrogen and oxygen atoms in total. The molecule has 2 aromatic rings. The summed E-state index contributed by atoms with van der Waals surface area (Å²) < 4.78 is 3.26. The summed E-state index contributed by atoms with van der Waals surface area (Å²) in [4.78, 5) is 22.8. The molecule has 0 atom stereocenters. The lowest BCUT2D eigenvalue weighted by molar-refractivity contribution is 0.210. The van der Waals surface area contributed by atoms with Crippen LogP contribution in [-0.2, 0) is 13.6 Å². The number of hydrogen-bond donors (Lipinski definition) is 2. The summed E-state index contributed by atoms with van der Waals surface area (Å²) in [6.07, 6.45) is 2.12. The van der Waals surface area contributed by atoms with E-state index in [1.165, 1.54) is 4.57 Å². The third-order valence-corrected chi connectivity index (χ3v) is 2.70. The summed E-state index contributed by atoms with van der Waals surface area (Å²) in [5.74, 6) is 0. The van der Waals surface area contributed by atoms with E-state index < -0.39 is 6.09 Å². The van der Waals surface area contributed by atoms with Crippen LogP contribution in [0.4, 0.5) is 10.5 Å². The van der Waals surface area contributed by atoms with Crippen LogP contribution in [-0.4, -0.2) is 20.3 Å². The van der Waals surface area contributed by atoms with E-state index in [-0.39, 0.29) is 5.56 Å². The summed E-state index contributed by atoms with van der Waals surface area (Å²) >= 11 is 0. The molecule has 0 aromatic carbocycles. The first kappa shape index (κ1) is 11.3. The van der Waals surface area contributed by atoms with Crippen LogP contribution in [0.25, 0.3) is 10.9 Å². The number of anilines is 1. The van der Waals surface area contributed by atoms with Crippen molar-refractivity contribution in [1.29, 1.82) is 0 Å². The summed E-state index contributed by atoms with van der Waals surface area (Å²) in [7, 11) is 1.77. The zero-order chi connectivity index (χ0) is 12.6. The first-order valence-electron chi connectivity index (χ1n) is 5.23. The molecule has 2 N–H and O–H groups in total. The standard InChI is InChI=1S/C11H13N3O3/c1-3-14-5-4-8-9(10(14)15)7(6-13(8)2)12-11(16)17/h4-6,12H,3H2,1-2H3,(H,16,17). The van der Waals surface area contributed by atoms with Crippen LogP contribution in [0.5, 0.6) is 0 Å². The number of carbonyl (C=O) groups is 1. The number of pyridine rings is 1. The van der Waals surface area contributed by atoms with Crippen LogP contribution in [0.15, 0.2) is 23.3 Å². The zero-order valence-electron chi connectivity index (χ0n) is 9.60. The molecule has 0 saturated carbocycles. The lowest BCUT2D eigenvalue weighted by atomic mass is 10.3. The van der Waals surface area contributed by atoms with Gasteiger partial charge in [0.15, 0.2) is 0 Å². The van der Waals surface area contributed by atoms with Gasteiger partial charge >= 0.3 is 6.09 Å². The fourth-order valence-electron chi connectivity index (χ4n) is 1.90. The topological polar surface area (TPSA) is 76.3 Å². The van der Waals surface area contributed by atoms with E-state index >= 15 is 0 Å². The Kier molecular flexibility index (Phi) is 2.63. The average molecular weight is 235 g/mol. The number of fused-ring (bicyclic) bond motifs is 1. The number of amides is 1. The number of hydrogen-bond acceptors (Lipinski definition) is 2. The van der Waals surface area contributed by atoms with E-state index in [0.717, 1.165) is 0 Å². The van der Waals surface area contributed by atoms with Crippen molar-refractivity contribution in [1.82, 2.24) is 9.13 Å². The van der Waals surface area contributed by atoms with Crippen LogP contribution < -0.4 is 10.9 Å². The Morgan fingerprint density at radius 1 is 1.53 bits per heavy atom. The van der Waals surface area contributed by atoms with Gasteiger partial charge in [0, 0.05) is 26.0 Å². The fourth-order valence-corrected chi connectivity index (χ4v) is 1.90. The van der Waals surface area contributed by atoms with Crippen molar-refractivity contribution in [3.63, 3.8) is 0 Å². The van der Waals surface area contributed by atoms with E-state index in [4.69, 9.17) is 5.11 Å². The molecule has 2 aromatic heterocycles. The van der Waals surface area contributed by atoms with Gasteiger partial charge in [-0.25, -0.2) is 4.79 Å². The molecule has 0 spiro atoms. The van der Waals surface area contributed by atoms with Crippen molar-refractivity contribution < 1.29 is 9.90 Å². The lowest BCUT2D eigenvalue weighted by Gasteiger charge is -2.03. The predicted molar refractivity (Wildman–Crippen MR) is 64.5 cm³/mol. The monoisotopic (exact) mass is 235 g/mol. The molecule has 0 aliphatic rings. The van der Waals surface area contributed by atoms with Crippen LogP contribution >= 0.6 is 0 Å². The molecule has 0 fully saturated rings. The highest BCUT2D eigenvalue weighted by Gasteiger charge is 2.13. The maximum absolute atomic E-state index is 12.1. The first-order valence-corrected chi connectivity index (χ1v) is 5.23. The molecule has 17 heavy (non-hydrogen) atoms. The van der Waals surface area contributed by atoms with Gasteiger partial charge in [0.1, 0.15) is 0 Å². The van der Waals surface area contributed by atoms with Crippen LogP contribution in [0.1, 0.15) is 6.92 Å². The van der Waals surface area contributed by atoms with Crippen molar-refractivity contribution >= 4 is 22.7 Å². The van der Waals surface area contributed by atoms with Gasteiger partial charge in [0.2, 0.25) is 0 Å². The zero-order valence-corrected chi connectivity index (χ0v) is 9.60. The minimum atomic E-state index is -1.18. The van der Waals surface area contributed by atoms with Crippen LogP contribution in [0.2, 0.25) is 0 Å². The van der Waals surface area contributed by atoms with Crippen LogP contribution in [0.3, 0.4) is 0 Å². The Bertz CT molecular complexity index is 639. The quantitative estimate of drug-likeness (QED) is 0.827. The molecule has 0 saturated heterocycles. The van der Waals surface area contributed by atoms with Crippen molar-refractivity contribution in [3.8, 4) is 0 Å². The molecule has 0 radical (unpaired) electrons. The highest BCUT2D eigenvalue weighted by molar-refractivity contribution is 5.98. The Morgan fingerprint density at radius 3 is 2.82 bits per heavy atom. The molecule has 2 rings (SSSR count). The Hall–Kier alpha value is -2.24. The second-order valence-electron chi connectivity index (χ2n) is 3.75. The summed E-state index contributed by atoms with van der Waals surface area (Å²) in [6.45, 7) is 2.41. The Labute approximate surface area is 97.1 Å². The van der Waals surface area contributed by atoms with Crippen molar-refractivity contribution in [2.24, 2.45) is 7.05 Å². The van der Waals surface area contributed by atoms with Gasteiger partial charge in [0.05, 0.1) is 16.6 Å². The SMILES string of the molecule is CCn1ccc2c(c(NC(=O)O)cn2C)c1=O.